The Bertz CT molecular complexity index is 623. The summed E-state index contributed by atoms with van der Waals surface area (Å²) < 4.78 is 0. The van der Waals surface area contributed by atoms with Gasteiger partial charge < -0.3 is 20.4 Å². The van der Waals surface area contributed by atoms with E-state index in [2.05, 4.69) is 25.5 Å². The number of nitrogens with zero attached hydrogens (tertiary/aromatic N) is 4. The summed E-state index contributed by atoms with van der Waals surface area (Å²) in [7, 11) is 0. The van der Waals surface area contributed by atoms with Gasteiger partial charge in [-0.3, -0.25) is 9.79 Å². The number of hydrogen-bond donors (Lipinski definition) is 2. The largest absolute Gasteiger partial charge is 0.367 e. The number of guanidine groups is 1. The van der Waals surface area contributed by atoms with Crippen molar-refractivity contribution in [1.82, 2.24) is 20.1 Å². The van der Waals surface area contributed by atoms with Crippen molar-refractivity contribution in [2.45, 2.75) is 13.8 Å². The smallest absolute Gasteiger partial charge is 0.219 e. The molecule has 0 saturated carbocycles. The van der Waals surface area contributed by atoms with E-state index in [-0.39, 0.29) is 29.9 Å². The van der Waals surface area contributed by atoms with Crippen LogP contribution in [0.3, 0.4) is 0 Å². The minimum absolute atomic E-state index is 0. The Balaban J connectivity index is 0.00000338. The Morgan fingerprint density at radius 2 is 1.92 bits per heavy atom. The first-order chi connectivity index (χ1) is 12.0. The summed E-state index contributed by atoms with van der Waals surface area (Å²) >= 11 is 11.9. The lowest BCUT2D eigenvalue weighted by atomic mass is 10.3. The first-order valence-electron chi connectivity index (χ1n) is 8.35. The first kappa shape index (κ1) is 23.0. The molecule has 1 aromatic rings. The summed E-state index contributed by atoms with van der Waals surface area (Å²) in [6, 6.07) is 1.65. The number of carbonyl (C=O) groups excluding carboxylic acids is 1. The third kappa shape index (κ3) is 6.96. The van der Waals surface area contributed by atoms with Gasteiger partial charge in [0.05, 0.1) is 16.6 Å². The van der Waals surface area contributed by atoms with Gasteiger partial charge in [-0.15, -0.1) is 24.0 Å². The summed E-state index contributed by atoms with van der Waals surface area (Å²) in [6.45, 7) is 8.64. The standard InChI is InChI=1S/C16H24Cl2N6O.HI/c1-3-19-16(24-8-6-23(7-9-24)12(2)25)21-5-4-20-15-14(18)10-13(17)11-22-15;/h10-11H,3-9H2,1-2H3,(H,19,21)(H,20,22);1H. The second kappa shape index (κ2) is 11.7. The topological polar surface area (TPSA) is 72.9 Å². The average molecular weight is 515 g/mol. The predicted molar refractivity (Wildman–Crippen MR) is 118 cm³/mol. The molecule has 26 heavy (non-hydrogen) atoms. The molecule has 0 unspecified atom stereocenters. The van der Waals surface area contributed by atoms with E-state index < -0.39 is 0 Å². The second-order valence-electron chi connectivity index (χ2n) is 5.64. The molecule has 0 bridgehead atoms. The monoisotopic (exact) mass is 514 g/mol. The number of piperazine rings is 1. The van der Waals surface area contributed by atoms with Crippen LogP contribution in [0.5, 0.6) is 0 Å². The lowest BCUT2D eigenvalue weighted by Gasteiger charge is -2.36. The molecule has 1 aromatic heterocycles. The van der Waals surface area contributed by atoms with Crippen LogP contribution in [0.1, 0.15) is 13.8 Å². The molecule has 10 heteroatoms. The van der Waals surface area contributed by atoms with E-state index in [1.54, 1.807) is 19.2 Å². The van der Waals surface area contributed by atoms with E-state index in [4.69, 9.17) is 23.2 Å². The quantitative estimate of drug-likeness (QED) is 0.273. The first-order valence-corrected chi connectivity index (χ1v) is 9.10. The molecule has 2 heterocycles. The molecule has 2 rings (SSSR count). The maximum absolute atomic E-state index is 11.4. The highest BCUT2D eigenvalue weighted by Crippen LogP contribution is 2.22. The van der Waals surface area contributed by atoms with Crippen molar-refractivity contribution in [2.75, 3.05) is 51.1 Å². The van der Waals surface area contributed by atoms with E-state index in [0.717, 1.165) is 38.7 Å². The molecule has 0 radical (unpaired) electrons. The highest BCUT2D eigenvalue weighted by atomic mass is 127. The number of halogens is 3. The van der Waals surface area contributed by atoms with Crippen LogP contribution in [0, 0.1) is 0 Å². The minimum Gasteiger partial charge on any atom is -0.367 e. The zero-order chi connectivity index (χ0) is 18.2. The average Bonchev–Trinajstić information content (AvgIpc) is 2.59. The summed E-state index contributed by atoms with van der Waals surface area (Å²) in [5, 5.41) is 7.45. The molecule has 1 saturated heterocycles. The Hall–Kier alpha value is -1.000. The molecule has 0 spiro atoms. The highest BCUT2D eigenvalue weighted by molar-refractivity contribution is 14.0. The number of anilines is 1. The van der Waals surface area contributed by atoms with Gasteiger partial charge >= 0.3 is 0 Å². The van der Waals surface area contributed by atoms with Crippen molar-refractivity contribution >= 4 is 64.9 Å². The Labute approximate surface area is 181 Å². The lowest BCUT2D eigenvalue weighted by Crippen LogP contribution is -2.53. The van der Waals surface area contributed by atoms with Crippen LogP contribution in [-0.4, -0.2) is 72.5 Å². The molecule has 1 aliphatic rings. The SMILES string of the molecule is CCNC(=NCCNc1ncc(Cl)cc1Cl)N1CCN(C(C)=O)CC1.I. The van der Waals surface area contributed by atoms with E-state index in [9.17, 15) is 4.79 Å². The Morgan fingerprint density at radius 1 is 1.27 bits per heavy atom. The number of pyridine rings is 1. The van der Waals surface area contributed by atoms with Crippen molar-refractivity contribution in [3.8, 4) is 0 Å². The molecule has 0 aliphatic carbocycles. The van der Waals surface area contributed by atoms with Gasteiger partial charge in [-0.2, -0.15) is 0 Å². The Morgan fingerprint density at radius 3 is 2.50 bits per heavy atom. The summed E-state index contributed by atoms with van der Waals surface area (Å²) in [4.78, 5) is 24.3. The van der Waals surface area contributed by atoms with Crippen LogP contribution in [-0.2, 0) is 4.79 Å². The van der Waals surface area contributed by atoms with Crippen molar-refractivity contribution in [3.05, 3.63) is 22.3 Å². The number of aromatic nitrogens is 1. The van der Waals surface area contributed by atoms with E-state index in [0.29, 0.717) is 29.0 Å². The molecule has 1 amide bonds. The fourth-order valence-electron chi connectivity index (χ4n) is 2.54. The number of hydrogen-bond acceptors (Lipinski definition) is 4. The molecule has 1 aliphatic heterocycles. The number of nitrogens with one attached hydrogen (secondary N) is 2. The lowest BCUT2D eigenvalue weighted by molar-refractivity contribution is -0.130. The summed E-state index contributed by atoms with van der Waals surface area (Å²) in [6.07, 6.45) is 1.55. The van der Waals surface area contributed by atoms with Gasteiger partial charge in [-0.25, -0.2) is 4.98 Å². The zero-order valence-corrected chi connectivity index (χ0v) is 18.8. The van der Waals surface area contributed by atoms with Gasteiger partial charge in [0.15, 0.2) is 5.96 Å². The Kier molecular flexibility index (Phi) is 10.3. The summed E-state index contributed by atoms with van der Waals surface area (Å²) in [5.74, 6) is 1.59. The molecule has 7 nitrogen and oxygen atoms in total. The molecule has 2 N–H and O–H groups in total. The molecule has 1 fully saturated rings. The third-order valence-corrected chi connectivity index (χ3v) is 4.33. The van der Waals surface area contributed by atoms with Crippen LogP contribution < -0.4 is 10.6 Å². The van der Waals surface area contributed by atoms with Gasteiger partial charge in [0.25, 0.3) is 0 Å². The van der Waals surface area contributed by atoms with Crippen LogP contribution in [0.15, 0.2) is 17.3 Å². The number of aliphatic imine (C=N–C) groups is 1. The van der Waals surface area contributed by atoms with Gasteiger partial charge in [-0.05, 0) is 13.0 Å². The van der Waals surface area contributed by atoms with Crippen LogP contribution >= 0.6 is 47.2 Å². The molecular weight excluding hydrogens is 490 g/mol. The van der Waals surface area contributed by atoms with Gasteiger partial charge in [0, 0.05) is 52.4 Å². The second-order valence-corrected chi connectivity index (χ2v) is 6.48. The van der Waals surface area contributed by atoms with Gasteiger partial charge in [-0.1, -0.05) is 23.2 Å². The zero-order valence-electron chi connectivity index (χ0n) is 15.0. The van der Waals surface area contributed by atoms with E-state index in [1.807, 2.05) is 11.8 Å². The van der Waals surface area contributed by atoms with Crippen LogP contribution in [0.25, 0.3) is 0 Å². The van der Waals surface area contributed by atoms with E-state index >= 15 is 0 Å². The van der Waals surface area contributed by atoms with Crippen molar-refractivity contribution in [1.29, 1.82) is 0 Å². The fourth-order valence-corrected chi connectivity index (χ4v) is 2.99. The minimum atomic E-state index is 0. The van der Waals surface area contributed by atoms with Crippen molar-refractivity contribution in [2.24, 2.45) is 4.99 Å². The highest BCUT2D eigenvalue weighted by Gasteiger charge is 2.20. The van der Waals surface area contributed by atoms with Crippen LogP contribution in [0.4, 0.5) is 5.82 Å². The third-order valence-electron chi connectivity index (χ3n) is 3.83. The summed E-state index contributed by atoms with van der Waals surface area (Å²) in [5.41, 5.74) is 0. The van der Waals surface area contributed by atoms with Crippen molar-refractivity contribution in [3.63, 3.8) is 0 Å². The molecule has 0 atom stereocenters. The maximum Gasteiger partial charge on any atom is 0.219 e. The van der Waals surface area contributed by atoms with Gasteiger partial charge in [0.2, 0.25) is 5.91 Å². The van der Waals surface area contributed by atoms with Crippen molar-refractivity contribution < 1.29 is 4.79 Å². The number of rotatable bonds is 5. The van der Waals surface area contributed by atoms with Gasteiger partial charge in [0.1, 0.15) is 5.82 Å². The number of amides is 1. The number of carbonyl (C=O) groups is 1. The van der Waals surface area contributed by atoms with Crippen LogP contribution in [0.2, 0.25) is 10.0 Å². The normalized spacial score (nSPS) is 14.7. The molecule has 146 valence electrons. The maximum atomic E-state index is 11.4. The molecular formula is C16H25Cl2IN6O. The predicted octanol–water partition coefficient (Wildman–Crippen LogP) is 2.55. The molecule has 0 aromatic carbocycles. The van der Waals surface area contributed by atoms with E-state index in [1.165, 1.54) is 0 Å². The fraction of sp³-hybridized carbons (Fsp3) is 0.562.